The Morgan fingerprint density at radius 1 is 1.58 bits per heavy atom. The van der Waals surface area contributed by atoms with Crippen molar-refractivity contribution in [1.82, 2.24) is 3.96 Å². The van der Waals surface area contributed by atoms with Gasteiger partial charge in [-0.1, -0.05) is 11.5 Å². The fraction of sp³-hybridized carbons (Fsp3) is 0.250. The van der Waals surface area contributed by atoms with Gasteiger partial charge in [0.15, 0.2) is 0 Å². The normalized spacial score (nSPS) is 7.42. The van der Waals surface area contributed by atoms with Gasteiger partial charge in [-0.3, -0.25) is 8.75 Å². The van der Waals surface area contributed by atoms with Crippen molar-refractivity contribution in [2.45, 2.75) is 0 Å². The van der Waals surface area contributed by atoms with Crippen LogP contribution in [0.15, 0.2) is 16.2 Å². The van der Waals surface area contributed by atoms with Gasteiger partial charge in [-0.2, -0.15) is 0 Å². The van der Waals surface area contributed by atoms with Crippen molar-refractivity contribution < 1.29 is 5.09 Å². The molecule has 1 heterocycles. The molecule has 1 aromatic rings. The number of nitrogens with zero attached hydrogens (tertiary/aromatic N) is 2. The second-order valence-corrected chi connectivity index (χ2v) is 2.50. The predicted octanol–water partition coefficient (Wildman–Crippen LogP) is -0.173. The quantitative estimate of drug-likeness (QED) is 0.331. The Hall–Kier alpha value is -0.604. The van der Waals surface area contributed by atoms with Crippen LogP contribution in [0.25, 0.3) is 0 Å². The largest absolute Gasteiger partial charge is 2.00 e. The number of hydrogen-bond acceptors (Lipinski definition) is 5. The monoisotopic (exact) mass is 201 g/mol. The van der Waals surface area contributed by atoms with Crippen LogP contribution in [0.1, 0.15) is 0 Å². The van der Waals surface area contributed by atoms with Crippen molar-refractivity contribution in [3.8, 4) is 0 Å². The van der Waals surface area contributed by atoms with E-state index in [0.29, 0.717) is 0 Å². The summed E-state index contributed by atoms with van der Waals surface area (Å²) in [6.07, 6.45) is 0. The summed E-state index contributed by atoms with van der Waals surface area (Å²) in [4.78, 5) is 18.6. The van der Waals surface area contributed by atoms with Gasteiger partial charge in [0.1, 0.15) is 0 Å². The molecular formula is C4H5MgN2O4S+. The first-order valence-corrected chi connectivity index (χ1v) is 3.30. The molecule has 0 aliphatic heterocycles. The van der Waals surface area contributed by atoms with Gasteiger partial charge in [-0.15, -0.1) is 0 Å². The molecule has 0 N–H and O–H groups in total. The van der Waals surface area contributed by atoms with E-state index in [4.69, 9.17) is 15.3 Å². The van der Waals surface area contributed by atoms with Crippen LogP contribution >= 0.6 is 11.5 Å². The van der Waals surface area contributed by atoms with E-state index in [9.17, 15) is 4.79 Å². The summed E-state index contributed by atoms with van der Waals surface area (Å²) in [6.45, 7) is 0. The molecule has 0 fully saturated rings. The van der Waals surface area contributed by atoms with Gasteiger partial charge >= 0.3 is 23.1 Å². The van der Waals surface area contributed by atoms with Gasteiger partial charge in [0, 0.05) is 18.5 Å². The maximum Gasteiger partial charge on any atom is 2.00 e. The van der Waals surface area contributed by atoms with Gasteiger partial charge in [-0.05, 0) is 0 Å². The molecule has 0 saturated heterocycles. The van der Waals surface area contributed by atoms with Crippen LogP contribution in [0.3, 0.4) is 0 Å². The van der Waals surface area contributed by atoms with Crippen LogP contribution in [-0.4, -0.2) is 32.1 Å². The van der Waals surface area contributed by atoms with E-state index in [1.165, 1.54) is 11.5 Å². The minimum atomic E-state index is -1.75. The van der Waals surface area contributed by atoms with Gasteiger partial charge in [0.05, 0.1) is 5.09 Å². The van der Waals surface area contributed by atoms with Gasteiger partial charge in [0.2, 0.25) is 0 Å². The van der Waals surface area contributed by atoms with E-state index in [2.05, 4.69) is 0 Å². The zero-order valence-corrected chi connectivity index (χ0v) is 8.53. The molecule has 0 aliphatic carbocycles. The standard InChI is InChI=1S/C4H5NOS.Mg.NO3/c1-5-4(6)2-3-7-5;;2-1(3)4/h2-3H,1H3;;/q;+2;-1. The molecule has 1 rings (SSSR count). The van der Waals surface area contributed by atoms with E-state index in [-0.39, 0.29) is 28.6 Å². The van der Waals surface area contributed by atoms with Crippen molar-refractivity contribution in [1.29, 1.82) is 0 Å². The average molecular weight is 201 g/mol. The number of aryl methyl sites for hydroxylation is 1. The topological polar surface area (TPSA) is 88.2 Å². The van der Waals surface area contributed by atoms with Gasteiger partial charge < -0.3 is 15.3 Å². The zero-order valence-electron chi connectivity index (χ0n) is 6.30. The van der Waals surface area contributed by atoms with Crippen LogP contribution in [0.4, 0.5) is 0 Å². The second-order valence-electron chi connectivity index (χ2n) is 1.47. The molecule has 0 atom stereocenters. The summed E-state index contributed by atoms with van der Waals surface area (Å²) in [7, 11) is 1.74. The summed E-state index contributed by atoms with van der Waals surface area (Å²) in [5.74, 6) is 0. The SMILES string of the molecule is Cn1sccc1=O.O=[N+]([O-])[O-].[Mg+2]. The van der Waals surface area contributed by atoms with E-state index in [0.717, 1.165) is 0 Å². The molecule has 8 heteroatoms. The van der Waals surface area contributed by atoms with Crippen LogP contribution in [-0.2, 0) is 7.05 Å². The molecule has 0 radical (unpaired) electrons. The first kappa shape index (κ1) is 14.0. The second kappa shape index (κ2) is 7.07. The smallest absolute Gasteiger partial charge is 0.356 e. The minimum Gasteiger partial charge on any atom is -0.356 e. The summed E-state index contributed by atoms with van der Waals surface area (Å²) >= 11 is 1.41. The number of hydrogen-bond donors (Lipinski definition) is 0. The molecule has 1 aromatic heterocycles. The molecule has 0 unspecified atom stereocenters. The Kier molecular flexibility index (Phi) is 8.22. The molecule has 62 valence electrons. The first-order valence-electron chi connectivity index (χ1n) is 2.46. The Labute approximate surface area is 87.8 Å². The van der Waals surface area contributed by atoms with Crippen LogP contribution in [0.2, 0.25) is 0 Å². The molecule has 0 bridgehead atoms. The van der Waals surface area contributed by atoms with E-state index < -0.39 is 5.09 Å². The van der Waals surface area contributed by atoms with Crippen LogP contribution in [0.5, 0.6) is 0 Å². The molecular weight excluding hydrogens is 196 g/mol. The maximum absolute atomic E-state index is 10.4. The van der Waals surface area contributed by atoms with Crippen molar-refractivity contribution >= 4 is 34.6 Å². The molecule has 6 nitrogen and oxygen atoms in total. The zero-order chi connectivity index (χ0) is 8.85. The molecule has 0 amide bonds. The van der Waals surface area contributed by atoms with Crippen LogP contribution in [0, 0.1) is 15.3 Å². The Balaban J connectivity index is 0. The number of rotatable bonds is 0. The third kappa shape index (κ3) is 7.50. The van der Waals surface area contributed by atoms with E-state index in [1.54, 1.807) is 22.5 Å². The minimum absolute atomic E-state index is 0. The van der Waals surface area contributed by atoms with Crippen molar-refractivity contribution in [3.05, 3.63) is 37.1 Å². The Morgan fingerprint density at radius 2 is 2.00 bits per heavy atom. The summed E-state index contributed by atoms with van der Waals surface area (Å²) in [5, 5.41) is 16.5. The van der Waals surface area contributed by atoms with Crippen molar-refractivity contribution in [2.24, 2.45) is 7.05 Å². The van der Waals surface area contributed by atoms with Gasteiger partial charge in [0.25, 0.3) is 5.56 Å². The van der Waals surface area contributed by atoms with Gasteiger partial charge in [-0.25, -0.2) is 0 Å². The maximum atomic E-state index is 10.4. The first-order chi connectivity index (χ1) is 5.04. The molecule has 0 saturated carbocycles. The fourth-order valence-corrected chi connectivity index (χ4v) is 0.861. The molecule has 0 spiro atoms. The van der Waals surface area contributed by atoms with Crippen molar-refractivity contribution in [3.63, 3.8) is 0 Å². The Morgan fingerprint density at radius 3 is 2.08 bits per heavy atom. The predicted molar refractivity (Wildman–Crippen MR) is 45.7 cm³/mol. The third-order valence-corrected chi connectivity index (χ3v) is 1.49. The molecule has 12 heavy (non-hydrogen) atoms. The summed E-state index contributed by atoms with van der Waals surface area (Å²) in [6, 6.07) is 1.55. The van der Waals surface area contributed by atoms with Crippen LogP contribution < -0.4 is 5.56 Å². The molecule has 0 aromatic carbocycles. The van der Waals surface area contributed by atoms with E-state index >= 15 is 0 Å². The Bertz CT molecular complexity index is 279. The number of aromatic nitrogens is 1. The fourth-order valence-electron chi connectivity index (χ4n) is 0.337. The average Bonchev–Trinajstić information content (AvgIpc) is 2.15. The summed E-state index contributed by atoms with van der Waals surface area (Å²) < 4.78 is 1.57. The van der Waals surface area contributed by atoms with Crippen molar-refractivity contribution in [2.75, 3.05) is 0 Å². The van der Waals surface area contributed by atoms with E-state index in [1.807, 2.05) is 0 Å². The third-order valence-electron chi connectivity index (χ3n) is 0.740. The summed E-state index contributed by atoms with van der Waals surface area (Å²) in [5.41, 5.74) is 0.0741. The molecule has 0 aliphatic rings.